The summed E-state index contributed by atoms with van der Waals surface area (Å²) in [7, 11) is 1.60. The molecule has 1 aromatic heterocycles. The number of alkyl halides is 3. The molecule has 1 fully saturated rings. The Hall–Kier alpha value is -4.10. The van der Waals surface area contributed by atoms with E-state index in [0.29, 0.717) is 24.6 Å². The van der Waals surface area contributed by atoms with Crippen LogP contribution in [0.5, 0.6) is 0 Å². The minimum Gasteiger partial charge on any atom is -0.350 e. The Morgan fingerprint density at radius 1 is 1.22 bits per heavy atom. The molecule has 198 valence electrons. The molecule has 4 amide bonds. The molecule has 1 saturated heterocycles. The quantitative estimate of drug-likeness (QED) is 0.512. The van der Waals surface area contributed by atoms with Crippen LogP contribution in [0.15, 0.2) is 24.4 Å². The molecule has 2 aliphatic heterocycles. The number of nitrogens with one attached hydrogen (secondary N) is 3. The van der Waals surface area contributed by atoms with Crippen LogP contribution in [0.3, 0.4) is 0 Å². The van der Waals surface area contributed by atoms with E-state index in [1.165, 1.54) is 22.1 Å². The van der Waals surface area contributed by atoms with Gasteiger partial charge in [0.15, 0.2) is 5.82 Å². The molecule has 2 aromatic rings. The minimum absolute atomic E-state index is 0.0119. The van der Waals surface area contributed by atoms with Crippen molar-refractivity contribution in [2.75, 3.05) is 54.9 Å². The van der Waals surface area contributed by atoms with Gasteiger partial charge in [-0.3, -0.25) is 9.59 Å². The van der Waals surface area contributed by atoms with E-state index in [1.54, 1.807) is 11.9 Å². The summed E-state index contributed by atoms with van der Waals surface area (Å²) in [5.74, 6) is -0.376. The van der Waals surface area contributed by atoms with Crippen LogP contribution in [0.4, 0.5) is 41.1 Å². The molecule has 3 N–H and O–H groups in total. The zero-order valence-electron chi connectivity index (χ0n) is 20.5. The highest BCUT2D eigenvalue weighted by molar-refractivity contribution is 6.02. The third kappa shape index (κ3) is 5.67. The summed E-state index contributed by atoms with van der Waals surface area (Å²) in [5, 5.41) is 7.95. The molecular formula is C23H27F3N8O3. The summed E-state index contributed by atoms with van der Waals surface area (Å²) in [5.41, 5.74) is -0.787. The summed E-state index contributed by atoms with van der Waals surface area (Å²) >= 11 is 0. The number of amides is 4. The lowest BCUT2D eigenvalue weighted by molar-refractivity contribution is -0.137. The van der Waals surface area contributed by atoms with Crippen LogP contribution in [0.25, 0.3) is 0 Å². The molecule has 0 radical (unpaired) electrons. The second kappa shape index (κ2) is 10.1. The van der Waals surface area contributed by atoms with E-state index >= 15 is 0 Å². The van der Waals surface area contributed by atoms with Crippen LogP contribution in [0, 0.1) is 0 Å². The van der Waals surface area contributed by atoms with Crippen LogP contribution in [0.1, 0.15) is 29.8 Å². The van der Waals surface area contributed by atoms with Crippen molar-refractivity contribution in [1.29, 1.82) is 0 Å². The molecule has 1 aromatic carbocycles. The second-order valence-corrected chi connectivity index (χ2v) is 8.97. The first-order chi connectivity index (χ1) is 17.4. The number of benzene rings is 1. The van der Waals surface area contributed by atoms with Gasteiger partial charge < -0.3 is 30.7 Å². The number of halogens is 3. The van der Waals surface area contributed by atoms with E-state index in [0.717, 1.165) is 12.1 Å². The fraction of sp³-hybridized carbons (Fsp3) is 0.435. The predicted molar refractivity (Wildman–Crippen MR) is 130 cm³/mol. The number of likely N-dealkylation sites (N-methyl/N-ethyl adjacent to an activating group) is 1. The Labute approximate surface area is 211 Å². The molecular weight excluding hydrogens is 493 g/mol. The van der Waals surface area contributed by atoms with Gasteiger partial charge in [-0.25, -0.2) is 9.78 Å². The van der Waals surface area contributed by atoms with Crippen LogP contribution in [0.2, 0.25) is 0 Å². The summed E-state index contributed by atoms with van der Waals surface area (Å²) < 4.78 is 40.8. The van der Waals surface area contributed by atoms with Gasteiger partial charge in [-0.15, -0.1) is 0 Å². The molecule has 11 nitrogen and oxygen atoms in total. The molecule has 0 spiro atoms. The van der Waals surface area contributed by atoms with Gasteiger partial charge in [-0.1, -0.05) is 0 Å². The lowest BCUT2D eigenvalue weighted by Gasteiger charge is -2.36. The number of fused-ring (bicyclic) bond motifs is 1. The lowest BCUT2D eigenvalue weighted by Crippen LogP contribution is -2.47. The zero-order valence-corrected chi connectivity index (χ0v) is 20.5. The van der Waals surface area contributed by atoms with Crippen LogP contribution < -0.4 is 25.8 Å². The highest BCUT2D eigenvalue weighted by Gasteiger charge is 2.33. The molecule has 0 unspecified atom stereocenters. The van der Waals surface area contributed by atoms with E-state index in [4.69, 9.17) is 0 Å². The Morgan fingerprint density at radius 2 is 1.97 bits per heavy atom. The van der Waals surface area contributed by atoms with Gasteiger partial charge in [0.05, 0.1) is 18.3 Å². The van der Waals surface area contributed by atoms with E-state index in [1.807, 2.05) is 13.8 Å². The molecule has 14 heteroatoms. The number of carbonyl (C=O) groups excluding carboxylic acids is 3. The number of hydrogen-bond donors (Lipinski definition) is 3. The Bertz CT molecular complexity index is 1220. The van der Waals surface area contributed by atoms with E-state index in [-0.39, 0.29) is 54.8 Å². The van der Waals surface area contributed by atoms with E-state index in [9.17, 15) is 27.6 Å². The highest BCUT2D eigenvalue weighted by Crippen LogP contribution is 2.35. The van der Waals surface area contributed by atoms with Crippen molar-refractivity contribution in [3.63, 3.8) is 0 Å². The Kier molecular flexibility index (Phi) is 7.09. The van der Waals surface area contributed by atoms with Crippen molar-refractivity contribution in [2.24, 2.45) is 0 Å². The summed E-state index contributed by atoms with van der Waals surface area (Å²) in [4.78, 5) is 49.9. The summed E-state index contributed by atoms with van der Waals surface area (Å²) in [6.45, 7) is 5.19. The van der Waals surface area contributed by atoms with Gasteiger partial charge in [-0.05, 0) is 32.0 Å². The number of anilines is 4. The highest BCUT2D eigenvalue weighted by atomic mass is 19.4. The first-order valence-corrected chi connectivity index (χ1v) is 11.6. The normalized spacial score (nSPS) is 15.7. The first kappa shape index (κ1) is 26.0. The monoisotopic (exact) mass is 520 g/mol. The van der Waals surface area contributed by atoms with Crippen molar-refractivity contribution in [3.05, 3.63) is 35.5 Å². The van der Waals surface area contributed by atoms with Crippen molar-refractivity contribution < 1.29 is 27.6 Å². The third-order valence-electron chi connectivity index (χ3n) is 6.08. The molecule has 37 heavy (non-hydrogen) atoms. The predicted octanol–water partition coefficient (Wildman–Crippen LogP) is 2.19. The second-order valence-electron chi connectivity index (χ2n) is 8.97. The van der Waals surface area contributed by atoms with Gasteiger partial charge in [0.1, 0.15) is 5.69 Å². The van der Waals surface area contributed by atoms with Gasteiger partial charge >= 0.3 is 12.2 Å². The van der Waals surface area contributed by atoms with Crippen molar-refractivity contribution >= 4 is 41.0 Å². The third-order valence-corrected chi connectivity index (χ3v) is 6.08. The maximum absolute atomic E-state index is 13.6. The summed E-state index contributed by atoms with van der Waals surface area (Å²) in [6.07, 6.45) is -3.28. The minimum atomic E-state index is -4.70. The Morgan fingerprint density at radius 3 is 2.62 bits per heavy atom. The number of urea groups is 1. The molecule has 0 atom stereocenters. The molecule has 0 bridgehead atoms. The average molecular weight is 521 g/mol. The van der Waals surface area contributed by atoms with E-state index in [2.05, 4.69) is 25.9 Å². The standard InChI is InChI=1S/C23H27F3N8O3/c1-13(2)34-12-18(35)32(3)17-11-29-21(31-19(17)34)30-16-9-14(8-15(10-16)23(24,25)26)20(36)27-4-6-33-7-5-28-22(33)37/h8-11,13H,4-7,12H2,1-3H3,(H,27,36)(H,28,37)(H,29,30,31). The fourth-order valence-corrected chi connectivity index (χ4v) is 4.02. The lowest BCUT2D eigenvalue weighted by atomic mass is 10.1. The van der Waals surface area contributed by atoms with Crippen LogP contribution in [-0.2, 0) is 11.0 Å². The molecule has 0 aliphatic carbocycles. The van der Waals surface area contributed by atoms with Crippen molar-refractivity contribution in [3.8, 4) is 0 Å². The topological polar surface area (TPSA) is 123 Å². The maximum atomic E-state index is 13.6. The largest absolute Gasteiger partial charge is 0.416 e. The van der Waals surface area contributed by atoms with Crippen LogP contribution in [-0.4, -0.2) is 78.5 Å². The number of nitrogens with zero attached hydrogens (tertiary/aromatic N) is 5. The zero-order chi connectivity index (χ0) is 26.9. The number of aromatic nitrogens is 2. The molecule has 0 saturated carbocycles. The van der Waals surface area contributed by atoms with Gasteiger partial charge in [0.2, 0.25) is 11.9 Å². The first-order valence-electron chi connectivity index (χ1n) is 11.6. The molecule has 3 heterocycles. The smallest absolute Gasteiger partial charge is 0.350 e. The SMILES string of the molecule is CC(C)N1CC(=O)N(C)c2cnc(Nc3cc(C(=O)NCCN4CCNC4=O)cc(C(F)(F)F)c3)nc21. The number of carbonyl (C=O) groups is 3. The van der Waals surface area contributed by atoms with E-state index < -0.39 is 17.6 Å². The van der Waals surface area contributed by atoms with Crippen molar-refractivity contribution in [2.45, 2.75) is 26.1 Å². The fourth-order valence-electron chi connectivity index (χ4n) is 4.02. The number of rotatable bonds is 7. The van der Waals surface area contributed by atoms with Crippen LogP contribution >= 0.6 is 0 Å². The van der Waals surface area contributed by atoms with Crippen molar-refractivity contribution in [1.82, 2.24) is 25.5 Å². The average Bonchev–Trinajstić information content (AvgIpc) is 3.24. The number of hydrogen-bond acceptors (Lipinski definition) is 7. The van der Waals surface area contributed by atoms with Gasteiger partial charge in [-0.2, -0.15) is 18.2 Å². The molecule has 2 aliphatic rings. The maximum Gasteiger partial charge on any atom is 0.416 e. The Balaban J connectivity index is 1.57. The summed E-state index contributed by atoms with van der Waals surface area (Å²) in [6, 6.07) is 2.58. The van der Waals surface area contributed by atoms with Gasteiger partial charge in [0, 0.05) is 50.5 Å². The van der Waals surface area contributed by atoms with Gasteiger partial charge in [0.25, 0.3) is 5.91 Å². The molecule has 4 rings (SSSR count).